The molecule has 5 heteroatoms. The fourth-order valence-corrected chi connectivity index (χ4v) is 1.74. The monoisotopic (exact) mass is 211 g/mol. The summed E-state index contributed by atoms with van der Waals surface area (Å²) in [6, 6.07) is 0. The lowest BCUT2D eigenvalue weighted by Crippen LogP contribution is -2.25. The van der Waals surface area contributed by atoms with Crippen LogP contribution in [0.5, 0.6) is 0 Å². The van der Waals surface area contributed by atoms with Crippen LogP contribution in [0, 0.1) is 5.92 Å². The van der Waals surface area contributed by atoms with Gasteiger partial charge in [0.15, 0.2) is 5.82 Å². The third-order valence-electron chi connectivity index (χ3n) is 2.25. The highest BCUT2D eigenvalue weighted by molar-refractivity contribution is 6.18. The Hall–Kier alpha value is -1.16. The van der Waals surface area contributed by atoms with Crippen LogP contribution in [0.3, 0.4) is 0 Å². The number of carbonyl (C=O) groups is 1. The summed E-state index contributed by atoms with van der Waals surface area (Å²) in [7, 11) is 0. The van der Waals surface area contributed by atoms with E-state index in [0.717, 1.165) is 0 Å². The molecule has 1 unspecified atom stereocenters. The molecule has 1 fully saturated rings. The molecule has 0 spiro atoms. The van der Waals surface area contributed by atoms with Crippen molar-refractivity contribution in [2.75, 3.05) is 17.3 Å². The van der Waals surface area contributed by atoms with E-state index in [4.69, 9.17) is 11.6 Å². The van der Waals surface area contributed by atoms with Crippen molar-refractivity contribution in [1.82, 2.24) is 9.97 Å². The number of hydrogen-bond donors (Lipinski definition) is 0. The van der Waals surface area contributed by atoms with Crippen molar-refractivity contribution in [3.05, 3.63) is 18.6 Å². The van der Waals surface area contributed by atoms with Gasteiger partial charge in [-0.1, -0.05) is 0 Å². The molecule has 1 aliphatic heterocycles. The molecule has 0 bridgehead atoms. The second kappa shape index (κ2) is 3.92. The van der Waals surface area contributed by atoms with Gasteiger partial charge in [0.05, 0.1) is 6.20 Å². The number of anilines is 1. The Labute approximate surface area is 86.9 Å². The summed E-state index contributed by atoms with van der Waals surface area (Å²) in [5.41, 5.74) is 0. The molecule has 14 heavy (non-hydrogen) atoms. The molecule has 1 amide bonds. The molecular formula is C9H10ClN3O. The van der Waals surface area contributed by atoms with Crippen LogP contribution >= 0.6 is 11.6 Å². The van der Waals surface area contributed by atoms with Gasteiger partial charge in [-0.2, -0.15) is 0 Å². The quantitative estimate of drug-likeness (QED) is 0.688. The summed E-state index contributed by atoms with van der Waals surface area (Å²) in [5.74, 6) is 1.45. The van der Waals surface area contributed by atoms with Crippen LogP contribution in [0.25, 0.3) is 0 Å². The first-order valence-electron chi connectivity index (χ1n) is 4.43. The van der Waals surface area contributed by atoms with Crippen molar-refractivity contribution in [2.24, 2.45) is 5.92 Å². The molecule has 74 valence electrons. The van der Waals surface area contributed by atoms with E-state index in [1.807, 2.05) is 0 Å². The van der Waals surface area contributed by atoms with Gasteiger partial charge < -0.3 is 0 Å². The second-order valence-electron chi connectivity index (χ2n) is 3.29. The Bertz CT molecular complexity index is 330. The molecular weight excluding hydrogens is 202 g/mol. The molecule has 2 rings (SSSR count). The molecule has 0 aromatic carbocycles. The highest BCUT2D eigenvalue weighted by Crippen LogP contribution is 2.23. The van der Waals surface area contributed by atoms with Gasteiger partial charge in [-0.15, -0.1) is 11.6 Å². The molecule has 1 atom stereocenters. The van der Waals surface area contributed by atoms with Crippen molar-refractivity contribution in [1.29, 1.82) is 0 Å². The number of aromatic nitrogens is 2. The van der Waals surface area contributed by atoms with E-state index in [1.165, 1.54) is 0 Å². The van der Waals surface area contributed by atoms with Crippen LogP contribution in [0.2, 0.25) is 0 Å². The molecule has 1 saturated heterocycles. The maximum Gasteiger partial charge on any atom is 0.228 e. The lowest BCUT2D eigenvalue weighted by Gasteiger charge is -2.13. The van der Waals surface area contributed by atoms with Crippen LogP contribution in [0.1, 0.15) is 6.42 Å². The van der Waals surface area contributed by atoms with E-state index in [9.17, 15) is 4.79 Å². The molecule has 0 saturated carbocycles. The third-order valence-corrected chi connectivity index (χ3v) is 2.69. The summed E-state index contributed by atoms with van der Waals surface area (Å²) in [5, 5.41) is 0. The summed E-state index contributed by atoms with van der Waals surface area (Å²) in [6.45, 7) is 0.654. The van der Waals surface area contributed by atoms with Crippen molar-refractivity contribution in [3.63, 3.8) is 0 Å². The van der Waals surface area contributed by atoms with Gasteiger partial charge in [-0.3, -0.25) is 14.7 Å². The van der Waals surface area contributed by atoms with Crippen LogP contribution in [0.4, 0.5) is 5.82 Å². The number of hydrogen-bond acceptors (Lipinski definition) is 3. The Kier molecular flexibility index (Phi) is 2.63. The molecule has 2 heterocycles. The molecule has 0 aliphatic carbocycles. The first-order chi connectivity index (χ1) is 6.81. The van der Waals surface area contributed by atoms with E-state index in [0.29, 0.717) is 24.7 Å². The average molecular weight is 212 g/mol. The first kappa shape index (κ1) is 9.40. The lowest BCUT2D eigenvalue weighted by molar-refractivity contribution is -0.117. The number of rotatable bonds is 2. The van der Waals surface area contributed by atoms with Gasteiger partial charge in [-0.25, -0.2) is 4.98 Å². The largest absolute Gasteiger partial charge is 0.295 e. The zero-order chi connectivity index (χ0) is 9.97. The standard InChI is InChI=1S/C9H10ClN3O/c10-4-7-3-9(14)13(6-7)8-5-11-1-2-12-8/h1-2,5,7H,3-4,6H2. The summed E-state index contributed by atoms with van der Waals surface area (Å²) in [4.78, 5) is 21.2. The van der Waals surface area contributed by atoms with Crippen molar-refractivity contribution >= 4 is 23.3 Å². The molecule has 1 aromatic rings. The number of nitrogens with zero attached hydrogens (tertiary/aromatic N) is 3. The number of carbonyl (C=O) groups excluding carboxylic acids is 1. The van der Waals surface area contributed by atoms with Crippen LogP contribution in [-0.4, -0.2) is 28.3 Å². The van der Waals surface area contributed by atoms with E-state index in [-0.39, 0.29) is 11.8 Å². The van der Waals surface area contributed by atoms with Crippen LogP contribution < -0.4 is 4.90 Å². The van der Waals surface area contributed by atoms with Crippen molar-refractivity contribution in [3.8, 4) is 0 Å². The maximum atomic E-state index is 11.5. The zero-order valence-corrected chi connectivity index (χ0v) is 8.31. The minimum Gasteiger partial charge on any atom is -0.295 e. The van der Waals surface area contributed by atoms with Gasteiger partial charge in [0.25, 0.3) is 0 Å². The van der Waals surface area contributed by atoms with E-state index >= 15 is 0 Å². The normalized spacial score (nSPS) is 21.6. The van der Waals surface area contributed by atoms with E-state index in [2.05, 4.69) is 9.97 Å². The summed E-state index contributed by atoms with van der Waals surface area (Å²) in [6.07, 6.45) is 5.27. The molecule has 0 N–H and O–H groups in total. The smallest absolute Gasteiger partial charge is 0.228 e. The highest BCUT2D eigenvalue weighted by Gasteiger charge is 2.30. The summed E-state index contributed by atoms with van der Waals surface area (Å²) < 4.78 is 0. The Morgan fingerprint density at radius 3 is 3.00 bits per heavy atom. The van der Waals surface area contributed by atoms with Crippen molar-refractivity contribution < 1.29 is 4.79 Å². The first-order valence-corrected chi connectivity index (χ1v) is 4.97. The van der Waals surface area contributed by atoms with Crippen molar-refractivity contribution in [2.45, 2.75) is 6.42 Å². The van der Waals surface area contributed by atoms with Gasteiger partial charge in [0.2, 0.25) is 5.91 Å². The number of halogens is 1. The molecule has 0 radical (unpaired) electrons. The topological polar surface area (TPSA) is 46.1 Å². The minimum atomic E-state index is 0.0798. The van der Waals surface area contributed by atoms with Crippen LogP contribution in [-0.2, 0) is 4.79 Å². The number of alkyl halides is 1. The number of amides is 1. The molecule has 1 aliphatic rings. The van der Waals surface area contributed by atoms with Gasteiger partial charge in [-0.05, 0) is 5.92 Å². The Balaban J connectivity index is 2.17. The Morgan fingerprint density at radius 1 is 1.57 bits per heavy atom. The maximum absolute atomic E-state index is 11.5. The van der Waals surface area contributed by atoms with E-state index in [1.54, 1.807) is 23.5 Å². The van der Waals surface area contributed by atoms with Gasteiger partial charge in [0.1, 0.15) is 0 Å². The zero-order valence-electron chi connectivity index (χ0n) is 7.56. The highest BCUT2D eigenvalue weighted by atomic mass is 35.5. The minimum absolute atomic E-state index is 0.0798. The third kappa shape index (κ3) is 1.70. The van der Waals surface area contributed by atoms with Gasteiger partial charge >= 0.3 is 0 Å². The van der Waals surface area contributed by atoms with Gasteiger partial charge in [0, 0.05) is 31.2 Å². The predicted molar refractivity (Wildman–Crippen MR) is 53.2 cm³/mol. The fourth-order valence-electron chi connectivity index (χ4n) is 1.54. The summed E-state index contributed by atoms with van der Waals surface area (Å²) >= 11 is 5.71. The predicted octanol–water partition coefficient (Wildman–Crippen LogP) is 1.07. The van der Waals surface area contributed by atoms with E-state index < -0.39 is 0 Å². The van der Waals surface area contributed by atoms with Crippen LogP contribution in [0.15, 0.2) is 18.6 Å². The second-order valence-corrected chi connectivity index (χ2v) is 3.60. The molecule has 4 nitrogen and oxygen atoms in total. The molecule has 1 aromatic heterocycles. The Morgan fingerprint density at radius 2 is 2.43 bits per heavy atom. The fraction of sp³-hybridized carbons (Fsp3) is 0.444. The average Bonchev–Trinajstić information content (AvgIpc) is 2.61. The lowest BCUT2D eigenvalue weighted by atomic mass is 10.2. The SMILES string of the molecule is O=C1CC(CCl)CN1c1cnccn1.